The summed E-state index contributed by atoms with van der Waals surface area (Å²) in [7, 11) is 0. The van der Waals surface area contributed by atoms with Crippen LogP contribution in [0.1, 0.15) is 28.2 Å². The van der Waals surface area contributed by atoms with Crippen LogP contribution >= 0.6 is 22.9 Å². The lowest BCUT2D eigenvalue weighted by atomic mass is 9.96. The third-order valence-electron chi connectivity index (χ3n) is 5.07. The zero-order valence-electron chi connectivity index (χ0n) is 16.5. The number of piperidine rings is 1. The SMILES string of the molecule is Cc1nc(-c2cccnc2)sc1C(=O)N1CCCC(C(=O)Nc2cccc(Cl)c2)C1. The molecule has 0 aliphatic carbocycles. The number of carbonyl (C=O) groups is 2. The Labute approximate surface area is 183 Å². The molecule has 1 aromatic carbocycles. The van der Waals surface area contributed by atoms with E-state index in [1.165, 1.54) is 11.3 Å². The van der Waals surface area contributed by atoms with Crippen LogP contribution in [0.4, 0.5) is 5.69 Å². The first-order valence-corrected chi connectivity index (χ1v) is 10.9. The number of hydrogen-bond acceptors (Lipinski definition) is 5. The van der Waals surface area contributed by atoms with Crippen molar-refractivity contribution in [2.75, 3.05) is 18.4 Å². The number of rotatable bonds is 4. The molecule has 1 aliphatic heterocycles. The van der Waals surface area contributed by atoms with Gasteiger partial charge in [-0.2, -0.15) is 0 Å². The molecule has 0 radical (unpaired) electrons. The predicted octanol–water partition coefficient (Wildman–Crippen LogP) is 4.66. The van der Waals surface area contributed by atoms with Gasteiger partial charge < -0.3 is 10.2 Å². The van der Waals surface area contributed by atoms with E-state index in [-0.39, 0.29) is 17.7 Å². The number of benzene rings is 1. The second kappa shape index (κ2) is 8.93. The number of amides is 2. The van der Waals surface area contributed by atoms with Crippen LogP contribution < -0.4 is 5.32 Å². The maximum absolute atomic E-state index is 13.2. The molecular weight excluding hydrogens is 420 g/mol. The minimum Gasteiger partial charge on any atom is -0.337 e. The van der Waals surface area contributed by atoms with E-state index in [0.29, 0.717) is 34.4 Å². The van der Waals surface area contributed by atoms with Gasteiger partial charge in [-0.15, -0.1) is 11.3 Å². The molecule has 0 saturated carbocycles. The number of aryl methyl sites for hydroxylation is 1. The van der Waals surface area contributed by atoms with Crippen LogP contribution in [0.2, 0.25) is 5.02 Å². The average Bonchev–Trinajstić information content (AvgIpc) is 3.15. The number of halogens is 1. The first kappa shape index (κ1) is 20.5. The Morgan fingerprint density at radius 3 is 2.90 bits per heavy atom. The molecule has 0 bridgehead atoms. The normalized spacial score (nSPS) is 16.3. The van der Waals surface area contributed by atoms with Gasteiger partial charge in [0.25, 0.3) is 5.91 Å². The molecule has 2 amide bonds. The lowest BCUT2D eigenvalue weighted by Crippen LogP contribution is -2.43. The Hall–Kier alpha value is -2.77. The summed E-state index contributed by atoms with van der Waals surface area (Å²) in [6.45, 7) is 2.88. The van der Waals surface area contributed by atoms with Crippen molar-refractivity contribution in [2.24, 2.45) is 5.92 Å². The van der Waals surface area contributed by atoms with E-state index in [2.05, 4.69) is 15.3 Å². The molecule has 154 valence electrons. The van der Waals surface area contributed by atoms with Gasteiger partial charge in [-0.3, -0.25) is 14.6 Å². The van der Waals surface area contributed by atoms with Crippen LogP contribution in [0.15, 0.2) is 48.8 Å². The number of likely N-dealkylation sites (tertiary alicyclic amines) is 1. The molecule has 8 heteroatoms. The summed E-state index contributed by atoms with van der Waals surface area (Å²) in [6, 6.07) is 10.8. The van der Waals surface area contributed by atoms with Crippen molar-refractivity contribution < 1.29 is 9.59 Å². The van der Waals surface area contributed by atoms with E-state index in [0.717, 1.165) is 23.4 Å². The van der Waals surface area contributed by atoms with Gasteiger partial charge in [0.1, 0.15) is 9.88 Å². The molecule has 0 spiro atoms. The number of hydrogen-bond donors (Lipinski definition) is 1. The smallest absolute Gasteiger partial charge is 0.265 e. The van der Waals surface area contributed by atoms with Crippen LogP contribution in [-0.4, -0.2) is 39.8 Å². The zero-order chi connectivity index (χ0) is 21.1. The molecule has 2 aromatic heterocycles. The lowest BCUT2D eigenvalue weighted by Gasteiger charge is -2.31. The van der Waals surface area contributed by atoms with Crippen LogP contribution in [0.3, 0.4) is 0 Å². The third kappa shape index (κ3) is 4.52. The minimum absolute atomic E-state index is 0.0691. The van der Waals surface area contributed by atoms with Gasteiger partial charge in [0.2, 0.25) is 5.91 Å². The van der Waals surface area contributed by atoms with Crippen molar-refractivity contribution in [1.29, 1.82) is 0 Å². The minimum atomic E-state index is -0.257. The highest BCUT2D eigenvalue weighted by Crippen LogP contribution is 2.30. The first-order chi connectivity index (χ1) is 14.5. The topological polar surface area (TPSA) is 75.2 Å². The molecule has 1 aliphatic rings. The van der Waals surface area contributed by atoms with E-state index in [9.17, 15) is 9.59 Å². The molecule has 1 unspecified atom stereocenters. The quantitative estimate of drug-likeness (QED) is 0.640. The Morgan fingerprint density at radius 2 is 2.13 bits per heavy atom. The van der Waals surface area contributed by atoms with E-state index in [1.807, 2.05) is 19.1 Å². The fraction of sp³-hybridized carbons (Fsp3) is 0.273. The van der Waals surface area contributed by atoms with Crippen LogP contribution in [-0.2, 0) is 4.79 Å². The summed E-state index contributed by atoms with van der Waals surface area (Å²) in [5.74, 6) is -0.417. The maximum atomic E-state index is 13.2. The number of nitrogens with one attached hydrogen (secondary N) is 1. The molecule has 3 heterocycles. The van der Waals surface area contributed by atoms with Gasteiger partial charge in [-0.25, -0.2) is 4.98 Å². The van der Waals surface area contributed by atoms with Crippen molar-refractivity contribution in [3.05, 3.63) is 64.4 Å². The fourth-order valence-electron chi connectivity index (χ4n) is 3.54. The number of thiazole rings is 1. The molecule has 1 fully saturated rings. The Bertz CT molecular complexity index is 1070. The Kier molecular flexibility index (Phi) is 6.11. The molecule has 1 N–H and O–H groups in total. The molecule has 4 rings (SSSR count). The van der Waals surface area contributed by atoms with Gasteiger partial charge in [-0.05, 0) is 50.1 Å². The standard InChI is InChI=1S/C22H21ClN4O2S/c1-14-19(30-21(25-14)15-5-3-9-24-12-15)22(29)27-10-4-6-16(13-27)20(28)26-18-8-2-7-17(23)11-18/h2-3,5,7-9,11-12,16H,4,6,10,13H2,1H3,(H,26,28). The summed E-state index contributed by atoms with van der Waals surface area (Å²) < 4.78 is 0. The van der Waals surface area contributed by atoms with Crippen molar-refractivity contribution >= 4 is 40.4 Å². The van der Waals surface area contributed by atoms with Crippen molar-refractivity contribution in [1.82, 2.24) is 14.9 Å². The first-order valence-electron chi connectivity index (χ1n) is 9.75. The monoisotopic (exact) mass is 440 g/mol. The molecule has 3 aromatic rings. The van der Waals surface area contributed by atoms with Crippen molar-refractivity contribution in [3.63, 3.8) is 0 Å². The fourth-order valence-corrected chi connectivity index (χ4v) is 4.75. The Morgan fingerprint density at radius 1 is 1.27 bits per heavy atom. The van der Waals surface area contributed by atoms with Crippen molar-refractivity contribution in [2.45, 2.75) is 19.8 Å². The summed E-state index contributed by atoms with van der Waals surface area (Å²) in [5, 5.41) is 4.25. The number of anilines is 1. The largest absolute Gasteiger partial charge is 0.337 e. The van der Waals surface area contributed by atoms with E-state index in [1.54, 1.807) is 41.6 Å². The zero-order valence-corrected chi connectivity index (χ0v) is 18.0. The summed E-state index contributed by atoms with van der Waals surface area (Å²) >= 11 is 7.37. The summed E-state index contributed by atoms with van der Waals surface area (Å²) in [5.41, 5.74) is 2.26. The Balaban J connectivity index is 1.46. The van der Waals surface area contributed by atoms with Crippen LogP contribution in [0.25, 0.3) is 10.6 Å². The van der Waals surface area contributed by atoms with E-state index in [4.69, 9.17) is 11.6 Å². The van der Waals surface area contributed by atoms with Gasteiger partial charge in [0, 0.05) is 41.8 Å². The maximum Gasteiger partial charge on any atom is 0.265 e. The molecule has 6 nitrogen and oxygen atoms in total. The van der Waals surface area contributed by atoms with Crippen LogP contribution in [0.5, 0.6) is 0 Å². The van der Waals surface area contributed by atoms with Gasteiger partial charge in [-0.1, -0.05) is 17.7 Å². The van der Waals surface area contributed by atoms with Gasteiger partial charge in [0.05, 0.1) is 11.6 Å². The molecule has 1 atom stereocenters. The van der Waals surface area contributed by atoms with E-state index >= 15 is 0 Å². The number of pyridine rings is 1. The highest BCUT2D eigenvalue weighted by molar-refractivity contribution is 7.17. The molecule has 30 heavy (non-hydrogen) atoms. The van der Waals surface area contributed by atoms with Crippen LogP contribution in [0, 0.1) is 12.8 Å². The van der Waals surface area contributed by atoms with E-state index < -0.39 is 0 Å². The lowest BCUT2D eigenvalue weighted by molar-refractivity contribution is -0.121. The highest BCUT2D eigenvalue weighted by Gasteiger charge is 2.30. The van der Waals surface area contributed by atoms with Gasteiger partial charge in [0.15, 0.2) is 0 Å². The van der Waals surface area contributed by atoms with Crippen molar-refractivity contribution in [3.8, 4) is 10.6 Å². The number of nitrogens with zero attached hydrogens (tertiary/aromatic N) is 3. The highest BCUT2D eigenvalue weighted by atomic mass is 35.5. The average molecular weight is 441 g/mol. The predicted molar refractivity (Wildman–Crippen MR) is 119 cm³/mol. The second-order valence-electron chi connectivity index (χ2n) is 7.27. The van der Waals surface area contributed by atoms with Gasteiger partial charge >= 0.3 is 0 Å². The molecule has 1 saturated heterocycles. The second-order valence-corrected chi connectivity index (χ2v) is 8.70. The number of aromatic nitrogens is 2. The summed E-state index contributed by atoms with van der Waals surface area (Å²) in [4.78, 5) is 37.0. The number of carbonyl (C=O) groups excluding carboxylic acids is 2. The molecular formula is C22H21ClN4O2S. The summed E-state index contributed by atoms with van der Waals surface area (Å²) in [6.07, 6.45) is 4.98. The third-order valence-corrected chi connectivity index (χ3v) is 6.50.